The Labute approximate surface area is 163 Å². The number of H-pyrrole nitrogens is 1. The van der Waals surface area contributed by atoms with Gasteiger partial charge in [0.05, 0.1) is 6.21 Å². The number of nitrogens with zero attached hydrogens (tertiary/aromatic N) is 3. The van der Waals surface area contributed by atoms with E-state index in [9.17, 15) is 4.79 Å². The molecule has 28 heavy (non-hydrogen) atoms. The maximum atomic E-state index is 11.5. The van der Waals surface area contributed by atoms with E-state index >= 15 is 0 Å². The Morgan fingerprint density at radius 1 is 1.11 bits per heavy atom. The van der Waals surface area contributed by atoms with Gasteiger partial charge in [0.25, 0.3) is 0 Å². The molecule has 1 heterocycles. The lowest BCUT2D eigenvalue weighted by molar-refractivity contribution is 0.306. The SMILES string of the molecule is CC(C)(C)c1n[nH]c(=O)nc1N/N=C/c1ccc(OCc2ccccc2)cc1. The summed E-state index contributed by atoms with van der Waals surface area (Å²) in [4.78, 5) is 15.4. The molecule has 0 fully saturated rings. The Hall–Kier alpha value is -3.48. The molecular formula is C21H23N5O2. The van der Waals surface area contributed by atoms with E-state index in [0.29, 0.717) is 18.1 Å². The molecule has 0 amide bonds. The molecule has 0 radical (unpaired) electrons. The molecule has 0 unspecified atom stereocenters. The zero-order valence-corrected chi connectivity index (χ0v) is 16.1. The van der Waals surface area contributed by atoms with Crippen LogP contribution in [-0.2, 0) is 12.0 Å². The van der Waals surface area contributed by atoms with Gasteiger partial charge in [0.1, 0.15) is 18.1 Å². The molecular weight excluding hydrogens is 354 g/mol. The summed E-state index contributed by atoms with van der Waals surface area (Å²) in [6.07, 6.45) is 1.65. The Kier molecular flexibility index (Phi) is 5.84. The molecule has 1 aromatic heterocycles. The van der Waals surface area contributed by atoms with Crippen molar-refractivity contribution in [2.75, 3.05) is 5.43 Å². The van der Waals surface area contributed by atoms with E-state index in [1.54, 1.807) is 6.21 Å². The van der Waals surface area contributed by atoms with Crippen molar-refractivity contribution < 1.29 is 4.74 Å². The predicted molar refractivity (Wildman–Crippen MR) is 110 cm³/mol. The van der Waals surface area contributed by atoms with Crippen LogP contribution in [0.5, 0.6) is 5.75 Å². The summed E-state index contributed by atoms with van der Waals surface area (Å²) in [6.45, 7) is 6.47. The fourth-order valence-electron chi connectivity index (χ4n) is 2.50. The summed E-state index contributed by atoms with van der Waals surface area (Å²) in [5.41, 5.74) is 4.64. The van der Waals surface area contributed by atoms with Crippen molar-refractivity contribution in [3.8, 4) is 5.75 Å². The summed E-state index contributed by atoms with van der Waals surface area (Å²) < 4.78 is 5.77. The summed E-state index contributed by atoms with van der Waals surface area (Å²) in [6, 6.07) is 17.6. The lowest BCUT2D eigenvalue weighted by Crippen LogP contribution is -2.24. The predicted octanol–water partition coefficient (Wildman–Crippen LogP) is 3.49. The van der Waals surface area contributed by atoms with Crippen molar-refractivity contribution >= 4 is 12.0 Å². The van der Waals surface area contributed by atoms with E-state index in [2.05, 4.69) is 25.7 Å². The van der Waals surface area contributed by atoms with Crippen molar-refractivity contribution in [3.05, 3.63) is 81.9 Å². The van der Waals surface area contributed by atoms with Crippen molar-refractivity contribution in [2.45, 2.75) is 32.8 Å². The highest BCUT2D eigenvalue weighted by atomic mass is 16.5. The van der Waals surface area contributed by atoms with Gasteiger partial charge in [-0.25, -0.2) is 9.89 Å². The Bertz CT molecular complexity index is 990. The monoisotopic (exact) mass is 377 g/mol. The van der Waals surface area contributed by atoms with Crippen molar-refractivity contribution in [2.24, 2.45) is 5.10 Å². The van der Waals surface area contributed by atoms with Gasteiger partial charge in [-0.2, -0.15) is 15.2 Å². The summed E-state index contributed by atoms with van der Waals surface area (Å²) in [7, 11) is 0. The molecule has 7 nitrogen and oxygen atoms in total. The number of nitrogens with one attached hydrogen (secondary N) is 2. The fourth-order valence-corrected chi connectivity index (χ4v) is 2.50. The molecule has 2 aromatic carbocycles. The second-order valence-electron chi connectivity index (χ2n) is 7.30. The lowest BCUT2D eigenvalue weighted by Gasteiger charge is -2.18. The van der Waals surface area contributed by atoms with Crippen LogP contribution >= 0.6 is 0 Å². The minimum absolute atomic E-state index is 0.285. The fraction of sp³-hybridized carbons (Fsp3) is 0.238. The first kappa shape index (κ1) is 19.3. The van der Waals surface area contributed by atoms with E-state index in [-0.39, 0.29) is 5.41 Å². The quantitative estimate of drug-likeness (QED) is 0.507. The molecule has 0 atom stereocenters. The molecule has 144 valence electrons. The van der Waals surface area contributed by atoms with E-state index in [1.165, 1.54) is 0 Å². The highest BCUT2D eigenvalue weighted by molar-refractivity contribution is 5.80. The minimum Gasteiger partial charge on any atom is -0.489 e. The van der Waals surface area contributed by atoms with Crippen molar-refractivity contribution in [1.82, 2.24) is 15.2 Å². The Morgan fingerprint density at radius 2 is 1.82 bits per heavy atom. The summed E-state index contributed by atoms with van der Waals surface area (Å²) in [5.74, 6) is 1.12. The third kappa shape index (κ3) is 5.26. The first-order valence-electron chi connectivity index (χ1n) is 8.95. The van der Waals surface area contributed by atoms with Gasteiger partial charge in [-0.05, 0) is 35.4 Å². The van der Waals surface area contributed by atoms with E-state index < -0.39 is 5.69 Å². The van der Waals surface area contributed by atoms with Crippen LogP contribution in [0, 0.1) is 0 Å². The van der Waals surface area contributed by atoms with Gasteiger partial charge in [0, 0.05) is 5.41 Å². The largest absolute Gasteiger partial charge is 0.489 e. The maximum absolute atomic E-state index is 11.5. The van der Waals surface area contributed by atoms with Crippen LogP contribution in [0.2, 0.25) is 0 Å². The van der Waals surface area contributed by atoms with Crippen LogP contribution < -0.4 is 15.9 Å². The minimum atomic E-state index is -0.523. The second-order valence-corrected chi connectivity index (χ2v) is 7.30. The molecule has 0 aliphatic heterocycles. The molecule has 0 saturated heterocycles. The number of aromatic nitrogens is 3. The highest BCUT2D eigenvalue weighted by Crippen LogP contribution is 2.24. The molecule has 3 aromatic rings. The molecule has 0 aliphatic rings. The van der Waals surface area contributed by atoms with Gasteiger partial charge in [0.15, 0.2) is 5.82 Å². The number of hydrogen-bond acceptors (Lipinski definition) is 6. The van der Waals surface area contributed by atoms with Gasteiger partial charge < -0.3 is 4.74 Å². The van der Waals surface area contributed by atoms with Crippen LogP contribution in [0.25, 0.3) is 0 Å². The second kappa shape index (κ2) is 8.47. The van der Waals surface area contributed by atoms with Gasteiger partial charge >= 0.3 is 5.69 Å². The van der Waals surface area contributed by atoms with E-state index in [4.69, 9.17) is 4.74 Å². The number of hydrazone groups is 1. The standard InChI is InChI=1S/C21H23N5O2/c1-21(2,3)18-19(23-20(27)26-24-18)25-22-13-15-9-11-17(12-10-15)28-14-16-7-5-4-6-8-16/h4-13H,14H2,1-3H3,(H2,23,25,26,27)/b22-13+. The number of aromatic amines is 1. The molecule has 0 bridgehead atoms. The topological polar surface area (TPSA) is 92.3 Å². The smallest absolute Gasteiger partial charge is 0.363 e. The van der Waals surface area contributed by atoms with Gasteiger partial charge in [-0.3, -0.25) is 5.43 Å². The number of anilines is 1. The zero-order valence-electron chi connectivity index (χ0n) is 16.1. The number of benzene rings is 2. The Morgan fingerprint density at radius 3 is 2.50 bits per heavy atom. The normalized spacial score (nSPS) is 11.5. The molecule has 0 spiro atoms. The van der Waals surface area contributed by atoms with Crippen LogP contribution in [0.3, 0.4) is 0 Å². The maximum Gasteiger partial charge on any atom is 0.363 e. The number of rotatable bonds is 6. The molecule has 0 saturated carbocycles. The third-order valence-electron chi connectivity index (χ3n) is 3.92. The average Bonchev–Trinajstić information content (AvgIpc) is 2.67. The van der Waals surface area contributed by atoms with Crippen LogP contribution in [0.4, 0.5) is 5.82 Å². The first-order valence-corrected chi connectivity index (χ1v) is 8.95. The number of ether oxygens (including phenoxy) is 1. The van der Waals surface area contributed by atoms with Crippen molar-refractivity contribution in [3.63, 3.8) is 0 Å². The molecule has 2 N–H and O–H groups in total. The zero-order chi connectivity index (χ0) is 20.0. The van der Waals surface area contributed by atoms with E-state index in [0.717, 1.165) is 16.9 Å². The third-order valence-corrected chi connectivity index (χ3v) is 3.92. The summed E-state index contributed by atoms with van der Waals surface area (Å²) in [5, 5.41) is 10.6. The summed E-state index contributed by atoms with van der Waals surface area (Å²) >= 11 is 0. The van der Waals surface area contributed by atoms with Crippen LogP contribution in [0.15, 0.2) is 64.5 Å². The average molecular weight is 377 g/mol. The first-order chi connectivity index (χ1) is 13.4. The molecule has 3 rings (SSSR count). The lowest BCUT2D eigenvalue weighted by atomic mass is 9.92. The van der Waals surface area contributed by atoms with Gasteiger partial charge in [0.2, 0.25) is 0 Å². The van der Waals surface area contributed by atoms with Crippen molar-refractivity contribution in [1.29, 1.82) is 0 Å². The van der Waals surface area contributed by atoms with Crippen LogP contribution in [0.1, 0.15) is 37.6 Å². The number of hydrogen-bond donors (Lipinski definition) is 2. The Balaban J connectivity index is 1.62. The molecule has 7 heteroatoms. The van der Waals surface area contributed by atoms with Gasteiger partial charge in [-0.15, -0.1) is 0 Å². The molecule has 0 aliphatic carbocycles. The highest BCUT2D eigenvalue weighted by Gasteiger charge is 2.21. The van der Waals surface area contributed by atoms with Gasteiger partial charge in [-0.1, -0.05) is 51.1 Å². The van der Waals surface area contributed by atoms with E-state index in [1.807, 2.05) is 75.4 Å². The van der Waals surface area contributed by atoms with Crippen LogP contribution in [-0.4, -0.2) is 21.4 Å².